The van der Waals surface area contributed by atoms with Crippen LogP contribution in [0.25, 0.3) is 5.57 Å². The van der Waals surface area contributed by atoms with E-state index in [0.717, 1.165) is 42.5 Å². The van der Waals surface area contributed by atoms with Gasteiger partial charge in [-0.3, -0.25) is 4.79 Å². The predicted molar refractivity (Wildman–Crippen MR) is 108 cm³/mol. The maximum atomic E-state index is 13.4. The standard InChI is InChI=1S/C21H26F2NOP/c1-4-14(2)19-8-6-5-7-17(13-20(24-19)15(3)25)16-9-11-18(12-10-16)21(22,23)26/h8-14H,4-7,26H2,1-3H3/b17-13-,19-8-,24-20+. The number of allylic oxidation sites excluding steroid dienone is 4. The van der Waals surface area contributed by atoms with E-state index in [2.05, 4.69) is 24.9 Å². The number of nitrogens with zero attached hydrogens (tertiary/aromatic N) is 1. The fourth-order valence-corrected chi connectivity index (χ4v) is 3.02. The quantitative estimate of drug-likeness (QED) is 0.567. The van der Waals surface area contributed by atoms with E-state index in [1.54, 1.807) is 21.4 Å². The molecule has 0 bridgehead atoms. The normalized spacial score (nSPS) is 23.2. The molecular weight excluding hydrogens is 351 g/mol. The molecule has 0 fully saturated rings. The van der Waals surface area contributed by atoms with Crippen molar-refractivity contribution >= 4 is 26.3 Å². The van der Waals surface area contributed by atoms with E-state index in [4.69, 9.17) is 0 Å². The Morgan fingerprint density at radius 2 is 1.96 bits per heavy atom. The van der Waals surface area contributed by atoms with Crippen molar-refractivity contribution in [1.29, 1.82) is 0 Å². The molecular formula is C21H26F2NOP. The van der Waals surface area contributed by atoms with Crippen LogP contribution in [0.1, 0.15) is 57.6 Å². The molecule has 5 heteroatoms. The first-order valence-corrected chi connectivity index (χ1v) is 9.58. The Hall–Kier alpha value is -1.67. The van der Waals surface area contributed by atoms with Crippen molar-refractivity contribution in [1.82, 2.24) is 0 Å². The van der Waals surface area contributed by atoms with Gasteiger partial charge in [0, 0.05) is 18.2 Å². The third-order valence-electron chi connectivity index (χ3n) is 4.68. The number of benzene rings is 1. The van der Waals surface area contributed by atoms with Crippen molar-refractivity contribution in [3.8, 4) is 0 Å². The molecule has 0 spiro atoms. The fourth-order valence-electron chi connectivity index (χ4n) is 2.83. The second kappa shape index (κ2) is 8.81. The Morgan fingerprint density at radius 1 is 1.31 bits per heavy atom. The minimum atomic E-state index is -2.94. The molecule has 1 aromatic rings. The van der Waals surface area contributed by atoms with Gasteiger partial charge in [0.05, 0.1) is 0 Å². The van der Waals surface area contributed by atoms with Crippen molar-refractivity contribution < 1.29 is 13.6 Å². The summed E-state index contributed by atoms with van der Waals surface area (Å²) in [6.45, 7) is 5.72. The smallest absolute Gasteiger partial charge is 0.283 e. The summed E-state index contributed by atoms with van der Waals surface area (Å²) in [5.74, 6) is 0.203. The van der Waals surface area contributed by atoms with Crippen molar-refractivity contribution in [2.45, 2.75) is 52.1 Å². The van der Waals surface area contributed by atoms with Gasteiger partial charge in [-0.2, -0.15) is 8.78 Å². The maximum Gasteiger partial charge on any atom is 0.283 e. The van der Waals surface area contributed by atoms with Crippen LogP contribution in [0.2, 0.25) is 0 Å². The molecule has 2 atom stereocenters. The van der Waals surface area contributed by atoms with Gasteiger partial charge in [-0.25, -0.2) is 4.99 Å². The van der Waals surface area contributed by atoms with Gasteiger partial charge < -0.3 is 0 Å². The van der Waals surface area contributed by atoms with Crippen LogP contribution in [-0.4, -0.2) is 11.5 Å². The average molecular weight is 377 g/mol. The lowest BCUT2D eigenvalue weighted by Gasteiger charge is -2.13. The zero-order chi connectivity index (χ0) is 19.3. The molecule has 0 aromatic heterocycles. The molecule has 0 amide bonds. The molecule has 1 heterocycles. The highest BCUT2D eigenvalue weighted by atomic mass is 31.0. The highest BCUT2D eigenvalue weighted by Crippen LogP contribution is 2.35. The lowest BCUT2D eigenvalue weighted by molar-refractivity contribution is -0.111. The van der Waals surface area contributed by atoms with Crippen LogP contribution in [-0.2, 0) is 10.5 Å². The molecule has 1 aromatic carbocycles. The maximum absolute atomic E-state index is 13.4. The van der Waals surface area contributed by atoms with Gasteiger partial charge in [0.2, 0.25) is 0 Å². The summed E-state index contributed by atoms with van der Waals surface area (Å²) in [4.78, 5) is 16.7. The zero-order valence-corrected chi connectivity index (χ0v) is 16.7. The van der Waals surface area contributed by atoms with Crippen molar-refractivity contribution in [2.75, 3.05) is 0 Å². The van der Waals surface area contributed by atoms with Crippen LogP contribution >= 0.6 is 9.24 Å². The van der Waals surface area contributed by atoms with Gasteiger partial charge in [0.1, 0.15) is 5.71 Å². The Bertz CT molecular complexity index is 742. The lowest BCUT2D eigenvalue weighted by Crippen LogP contribution is -2.10. The van der Waals surface area contributed by atoms with Gasteiger partial charge in [0.15, 0.2) is 5.78 Å². The molecule has 0 saturated carbocycles. The second-order valence-corrected chi connectivity index (χ2v) is 7.48. The van der Waals surface area contributed by atoms with E-state index in [0.29, 0.717) is 11.6 Å². The van der Waals surface area contributed by atoms with E-state index < -0.39 is 5.66 Å². The molecule has 26 heavy (non-hydrogen) atoms. The Labute approximate surface area is 156 Å². The number of Topliss-reactive ketones (excluding diaryl/α,β-unsaturated/α-hetero) is 1. The van der Waals surface area contributed by atoms with Crippen LogP contribution < -0.4 is 0 Å². The molecule has 0 saturated heterocycles. The first-order chi connectivity index (χ1) is 12.2. The van der Waals surface area contributed by atoms with Crippen LogP contribution in [0.4, 0.5) is 8.78 Å². The molecule has 140 valence electrons. The van der Waals surface area contributed by atoms with Crippen molar-refractivity contribution in [2.24, 2.45) is 10.9 Å². The number of halogens is 2. The minimum absolute atomic E-state index is 0.0453. The fraction of sp³-hybridized carbons (Fsp3) is 0.429. The molecule has 0 radical (unpaired) electrons. The number of ketones is 1. The number of hydrogen-bond acceptors (Lipinski definition) is 2. The van der Waals surface area contributed by atoms with Crippen LogP contribution in [0, 0.1) is 5.92 Å². The number of hydrogen-bond donors (Lipinski definition) is 0. The third-order valence-corrected chi connectivity index (χ3v) is 5.02. The number of carbonyl (C=O) groups is 1. The van der Waals surface area contributed by atoms with Crippen LogP contribution in [0.15, 0.2) is 47.1 Å². The number of rotatable bonds is 5. The van der Waals surface area contributed by atoms with E-state index in [9.17, 15) is 13.6 Å². The van der Waals surface area contributed by atoms with Crippen molar-refractivity contribution in [3.63, 3.8) is 0 Å². The summed E-state index contributed by atoms with van der Waals surface area (Å²) < 4.78 is 26.8. The Morgan fingerprint density at radius 3 is 2.50 bits per heavy atom. The summed E-state index contributed by atoms with van der Waals surface area (Å²) in [5.41, 5.74) is 0.199. The SMILES string of the molecule is CCC(C)C1=C/CCC/C(c2ccc(C(F)(F)P)cc2)=C/C(C(C)=O)=N\1. The van der Waals surface area contributed by atoms with E-state index in [1.807, 2.05) is 6.08 Å². The molecule has 0 N–H and O–H groups in total. The van der Waals surface area contributed by atoms with Gasteiger partial charge in [0.25, 0.3) is 5.66 Å². The minimum Gasteiger partial charge on any atom is -0.293 e. The summed E-state index contributed by atoms with van der Waals surface area (Å²) in [6, 6.07) is 6.25. The summed E-state index contributed by atoms with van der Waals surface area (Å²) in [5, 5.41) is 0. The summed E-state index contributed by atoms with van der Waals surface area (Å²) in [7, 11) is 1.55. The van der Waals surface area contributed by atoms with Gasteiger partial charge in [-0.15, -0.1) is 0 Å². The largest absolute Gasteiger partial charge is 0.293 e. The second-order valence-electron chi connectivity index (χ2n) is 6.75. The third kappa shape index (κ3) is 5.41. The van der Waals surface area contributed by atoms with Gasteiger partial charge >= 0.3 is 0 Å². The predicted octanol–water partition coefficient (Wildman–Crippen LogP) is 6.14. The van der Waals surface area contributed by atoms with E-state index >= 15 is 0 Å². The topological polar surface area (TPSA) is 29.4 Å². The molecule has 2 rings (SSSR count). The van der Waals surface area contributed by atoms with E-state index in [1.165, 1.54) is 19.1 Å². The number of aliphatic imine (C=N–C) groups is 1. The first-order valence-electron chi connectivity index (χ1n) is 9.00. The molecule has 0 aliphatic carbocycles. The van der Waals surface area contributed by atoms with Crippen LogP contribution in [0.3, 0.4) is 0 Å². The number of alkyl halides is 2. The first kappa shape index (κ1) is 20.6. The van der Waals surface area contributed by atoms with Gasteiger partial charge in [-0.05, 0) is 48.8 Å². The monoisotopic (exact) mass is 377 g/mol. The number of carbonyl (C=O) groups excluding carboxylic acids is 1. The zero-order valence-electron chi connectivity index (χ0n) is 15.6. The van der Waals surface area contributed by atoms with Crippen molar-refractivity contribution in [3.05, 3.63) is 53.2 Å². The van der Waals surface area contributed by atoms with Gasteiger partial charge in [-0.1, -0.05) is 53.4 Å². The van der Waals surface area contributed by atoms with E-state index in [-0.39, 0.29) is 11.3 Å². The Kier molecular flexibility index (Phi) is 7.00. The molecule has 1 aliphatic heterocycles. The summed E-state index contributed by atoms with van der Waals surface area (Å²) in [6.07, 6.45) is 7.47. The van der Waals surface area contributed by atoms with Crippen LogP contribution in [0.5, 0.6) is 0 Å². The molecule has 2 unspecified atom stereocenters. The highest BCUT2D eigenvalue weighted by molar-refractivity contribution is 7.17. The molecule has 1 aliphatic rings. The average Bonchev–Trinajstić information content (AvgIpc) is 2.70. The summed E-state index contributed by atoms with van der Waals surface area (Å²) >= 11 is 0. The highest BCUT2D eigenvalue weighted by Gasteiger charge is 2.24. The lowest BCUT2D eigenvalue weighted by atomic mass is 9.97. The molecule has 2 nitrogen and oxygen atoms in total. The Balaban J connectivity index is 2.43.